The molecule has 1 atom stereocenters. The number of benzene rings is 1. The fourth-order valence-electron chi connectivity index (χ4n) is 2.29. The van der Waals surface area contributed by atoms with Crippen LogP contribution in [-0.4, -0.2) is 41.9 Å². The molecule has 1 unspecified atom stereocenters. The monoisotopic (exact) mass is 358 g/mol. The van der Waals surface area contributed by atoms with Crippen LogP contribution in [0.3, 0.4) is 0 Å². The average Bonchev–Trinajstić information content (AvgIpc) is 2.68. The molecule has 0 amide bonds. The Morgan fingerprint density at radius 3 is 2.65 bits per heavy atom. The predicted molar refractivity (Wildman–Crippen MR) is 98.2 cm³/mol. The third-order valence-corrected chi connectivity index (χ3v) is 3.68. The molecular formula is C20H26N2O4. The number of esters is 1. The lowest BCUT2D eigenvalue weighted by atomic mass is 10.2. The summed E-state index contributed by atoms with van der Waals surface area (Å²) in [5.41, 5.74) is 2.08. The van der Waals surface area contributed by atoms with Gasteiger partial charge in [0.2, 0.25) is 0 Å². The van der Waals surface area contributed by atoms with Crippen molar-refractivity contribution in [1.82, 2.24) is 10.3 Å². The van der Waals surface area contributed by atoms with Gasteiger partial charge in [0.25, 0.3) is 0 Å². The van der Waals surface area contributed by atoms with Crippen molar-refractivity contribution in [2.24, 2.45) is 0 Å². The van der Waals surface area contributed by atoms with Crippen LogP contribution in [-0.2, 0) is 27.4 Å². The van der Waals surface area contributed by atoms with Crippen molar-refractivity contribution in [2.75, 3.05) is 19.8 Å². The van der Waals surface area contributed by atoms with Gasteiger partial charge in [-0.25, -0.2) is 0 Å². The molecule has 6 nitrogen and oxygen atoms in total. The van der Waals surface area contributed by atoms with Crippen molar-refractivity contribution < 1.29 is 19.4 Å². The van der Waals surface area contributed by atoms with Crippen LogP contribution in [0.15, 0.2) is 54.9 Å². The van der Waals surface area contributed by atoms with Crippen LogP contribution in [0.2, 0.25) is 0 Å². The molecule has 0 aliphatic heterocycles. The van der Waals surface area contributed by atoms with Crippen LogP contribution >= 0.6 is 0 Å². The Labute approximate surface area is 154 Å². The van der Waals surface area contributed by atoms with Crippen molar-refractivity contribution in [3.05, 3.63) is 66.0 Å². The Balaban J connectivity index is 1.44. The smallest absolute Gasteiger partial charge is 0.306 e. The molecule has 0 radical (unpaired) electrons. The number of carbonyl (C=O) groups is 1. The molecule has 0 spiro atoms. The number of pyridine rings is 1. The van der Waals surface area contributed by atoms with E-state index >= 15 is 0 Å². The molecule has 0 saturated heterocycles. The highest BCUT2D eigenvalue weighted by Crippen LogP contribution is 2.03. The van der Waals surface area contributed by atoms with Gasteiger partial charge in [0.05, 0.1) is 12.7 Å². The molecule has 26 heavy (non-hydrogen) atoms. The number of rotatable bonds is 12. The zero-order chi connectivity index (χ0) is 18.5. The number of hydrogen-bond acceptors (Lipinski definition) is 6. The Bertz CT molecular complexity index is 622. The number of nitrogens with one attached hydrogen (secondary N) is 1. The molecule has 2 N–H and O–H groups in total. The number of nitrogens with zero attached hydrogens (tertiary/aromatic N) is 1. The normalized spacial score (nSPS) is 11.9. The van der Waals surface area contributed by atoms with E-state index in [1.165, 1.54) is 0 Å². The second-order valence-electron chi connectivity index (χ2n) is 5.96. The predicted octanol–water partition coefficient (Wildman–Crippen LogP) is 2.07. The summed E-state index contributed by atoms with van der Waals surface area (Å²) < 4.78 is 10.6. The van der Waals surface area contributed by atoms with Gasteiger partial charge in [0.15, 0.2) is 0 Å². The Kier molecular flexibility index (Phi) is 9.35. The molecule has 2 aromatic rings. The van der Waals surface area contributed by atoms with Crippen molar-refractivity contribution in [1.29, 1.82) is 0 Å². The van der Waals surface area contributed by atoms with E-state index in [2.05, 4.69) is 10.3 Å². The molecule has 1 aromatic heterocycles. The molecule has 1 heterocycles. The van der Waals surface area contributed by atoms with Gasteiger partial charge in [0, 0.05) is 38.5 Å². The van der Waals surface area contributed by atoms with Crippen molar-refractivity contribution >= 4 is 5.97 Å². The maximum atomic E-state index is 11.6. The van der Waals surface area contributed by atoms with Crippen LogP contribution in [0.25, 0.3) is 0 Å². The van der Waals surface area contributed by atoms with E-state index in [-0.39, 0.29) is 12.6 Å². The first-order chi connectivity index (χ1) is 12.7. The van der Waals surface area contributed by atoms with E-state index in [9.17, 15) is 9.90 Å². The maximum Gasteiger partial charge on any atom is 0.306 e. The van der Waals surface area contributed by atoms with E-state index in [1.54, 1.807) is 12.4 Å². The molecule has 2 rings (SSSR count). The lowest BCUT2D eigenvalue weighted by molar-refractivity contribution is -0.145. The number of aliphatic hydroxyl groups excluding tert-OH is 1. The summed E-state index contributed by atoms with van der Waals surface area (Å²) in [6.07, 6.45) is 3.78. The van der Waals surface area contributed by atoms with Crippen molar-refractivity contribution in [3.63, 3.8) is 0 Å². The number of ether oxygens (including phenoxy) is 2. The third kappa shape index (κ3) is 8.71. The largest absolute Gasteiger partial charge is 0.461 e. The summed E-state index contributed by atoms with van der Waals surface area (Å²) in [6.45, 7) is 2.07. The minimum Gasteiger partial charge on any atom is -0.461 e. The topological polar surface area (TPSA) is 80.7 Å². The lowest BCUT2D eigenvalue weighted by Crippen LogP contribution is -2.30. The molecule has 0 saturated carbocycles. The standard InChI is InChI=1S/C20H26N2O4/c23-19(14-22-13-17-8-10-21-11-9-17)16-25-12-4-7-20(24)26-15-18-5-2-1-3-6-18/h1-3,5-6,8-11,19,22-23H,4,7,12-16H2. The van der Waals surface area contributed by atoms with E-state index in [0.717, 1.165) is 11.1 Å². The number of aliphatic hydroxyl groups is 1. The molecule has 140 valence electrons. The van der Waals surface area contributed by atoms with Gasteiger partial charge in [-0.15, -0.1) is 0 Å². The van der Waals surface area contributed by atoms with Gasteiger partial charge in [0.1, 0.15) is 6.61 Å². The minimum absolute atomic E-state index is 0.239. The van der Waals surface area contributed by atoms with E-state index in [0.29, 0.717) is 39.1 Å². The van der Waals surface area contributed by atoms with Crippen LogP contribution in [0.4, 0.5) is 0 Å². The van der Waals surface area contributed by atoms with E-state index in [4.69, 9.17) is 9.47 Å². The molecule has 0 aliphatic rings. The van der Waals surface area contributed by atoms with Crippen LogP contribution in [0, 0.1) is 0 Å². The lowest BCUT2D eigenvalue weighted by Gasteiger charge is -2.12. The second kappa shape index (κ2) is 12.1. The summed E-state index contributed by atoms with van der Waals surface area (Å²) in [4.78, 5) is 15.6. The van der Waals surface area contributed by atoms with Crippen molar-refractivity contribution in [3.8, 4) is 0 Å². The van der Waals surface area contributed by atoms with Crippen LogP contribution < -0.4 is 5.32 Å². The zero-order valence-electron chi connectivity index (χ0n) is 14.8. The number of carbonyl (C=O) groups excluding carboxylic acids is 1. The molecular weight excluding hydrogens is 332 g/mol. The SMILES string of the molecule is O=C(CCCOCC(O)CNCc1ccncc1)OCc1ccccc1. The van der Waals surface area contributed by atoms with Gasteiger partial charge in [-0.1, -0.05) is 30.3 Å². The van der Waals surface area contributed by atoms with E-state index in [1.807, 2.05) is 42.5 Å². The quantitative estimate of drug-likeness (QED) is 0.447. The Morgan fingerprint density at radius 1 is 1.12 bits per heavy atom. The van der Waals surface area contributed by atoms with Crippen LogP contribution in [0.5, 0.6) is 0 Å². The highest BCUT2D eigenvalue weighted by molar-refractivity contribution is 5.69. The summed E-state index contributed by atoms with van der Waals surface area (Å²) in [7, 11) is 0. The minimum atomic E-state index is -0.582. The highest BCUT2D eigenvalue weighted by Gasteiger charge is 2.06. The number of hydrogen-bond donors (Lipinski definition) is 2. The summed E-state index contributed by atoms with van der Waals surface area (Å²) in [5.74, 6) is -0.239. The van der Waals surface area contributed by atoms with Crippen molar-refractivity contribution in [2.45, 2.75) is 32.1 Å². The Morgan fingerprint density at radius 2 is 1.88 bits per heavy atom. The maximum absolute atomic E-state index is 11.6. The van der Waals surface area contributed by atoms with Gasteiger partial charge in [-0.3, -0.25) is 9.78 Å². The highest BCUT2D eigenvalue weighted by atomic mass is 16.5. The van der Waals surface area contributed by atoms with E-state index < -0.39 is 6.10 Å². The summed E-state index contributed by atoms with van der Waals surface area (Å²) in [5, 5.41) is 13.0. The molecule has 0 fully saturated rings. The number of aromatic nitrogens is 1. The first-order valence-corrected chi connectivity index (χ1v) is 8.79. The molecule has 0 aliphatic carbocycles. The van der Waals surface area contributed by atoms with Gasteiger partial charge in [-0.05, 0) is 29.7 Å². The van der Waals surface area contributed by atoms with Gasteiger partial charge in [-0.2, -0.15) is 0 Å². The third-order valence-electron chi connectivity index (χ3n) is 3.68. The second-order valence-corrected chi connectivity index (χ2v) is 5.96. The summed E-state index contributed by atoms with van der Waals surface area (Å²) in [6, 6.07) is 13.4. The first-order valence-electron chi connectivity index (χ1n) is 8.79. The fraction of sp³-hybridized carbons (Fsp3) is 0.400. The zero-order valence-corrected chi connectivity index (χ0v) is 14.8. The molecule has 0 bridgehead atoms. The first kappa shape index (κ1) is 20.0. The fourth-order valence-corrected chi connectivity index (χ4v) is 2.29. The molecule has 6 heteroatoms. The van der Waals surface area contributed by atoms with Gasteiger partial charge >= 0.3 is 5.97 Å². The average molecular weight is 358 g/mol. The Hall–Kier alpha value is -2.28. The van der Waals surface area contributed by atoms with Crippen LogP contribution in [0.1, 0.15) is 24.0 Å². The van der Waals surface area contributed by atoms with Gasteiger partial charge < -0.3 is 19.9 Å². The summed E-state index contributed by atoms with van der Waals surface area (Å²) >= 11 is 0. The molecule has 1 aromatic carbocycles.